The van der Waals surface area contributed by atoms with Gasteiger partial charge in [0, 0.05) is 33.0 Å². The molecule has 2 aromatic heterocycles. The monoisotopic (exact) mass is 528 g/mol. The van der Waals surface area contributed by atoms with Gasteiger partial charge in [-0.05, 0) is 74.4 Å². The number of carbonyl (C=O) groups is 2. The quantitative estimate of drug-likeness (QED) is 0.316. The molecule has 39 heavy (non-hydrogen) atoms. The van der Waals surface area contributed by atoms with Crippen LogP contribution in [0, 0.1) is 19.7 Å². The zero-order valence-electron chi connectivity index (χ0n) is 21.7. The Balaban J connectivity index is 1.66. The molecule has 1 aliphatic heterocycles. The predicted octanol–water partition coefficient (Wildman–Crippen LogP) is 5.71. The highest BCUT2D eigenvalue weighted by atomic mass is 19.1. The van der Waals surface area contributed by atoms with Crippen LogP contribution in [0.5, 0.6) is 0 Å². The Labute approximate surface area is 222 Å². The normalized spacial score (nSPS) is 14.6. The van der Waals surface area contributed by atoms with Gasteiger partial charge in [0.2, 0.25) is 5.91 Å². The number of halogens is 2. The molecule has 1 saturated heterocycles. The van der Waals surface area contributed by atoms with Crippen LogP contribution in [0.3, 0.4) is 0 Å². The van der Waals surface area contributed by atoms with Crippen molar-refractivity contribution in [2.75, 3.05) is 13.1 Å². The lowest BCUT2D eigenvalue weighted by Gasteiger charge is -2.34. The van der Waals surface area contributed by atoms with Gasteiger partial charge >= 0.3 is 0 Å². The van der Waals surface area contributed by atoms with Crippen molar-refractivity contribution in [3.8, 4) is 11.1 Å². The number of fused-ring (bicyclic) bond motifs is 3. The Kier molecular flexibility index (Phi) is 5.75. The zero-order valence-corrected chi connectivity index (χ0v) is 21.7. The van der Waals surface area contributed by atoms with E-state index in [1.165, 1.54) is 17.0 Å². The molecular weight excluding hydrogens is 502 g/mol. The first kappa shape index (κ1) is 24.8. The summed E-state index contributed by atoms with van der Waals surface area (Å²) < 4.78 is 34.6. The molecule has 0 bridgehead atoms. The van der Waals surface area contributed by atoms with Crippen LogP contribution in [0.4, 0.5) is 8.78 Å². The summed E-state index contributed by atoms with van der Waals surface area (Å²) >= 11 is 0. The van der Waals surface area contributed by atoms with Gasteiger partial charge in [0.05, 0.1) is 30.3 Å². The SMILES string of the molecule is Cc1noc(C)c1-c1cc(C(N)=O)c2c3cc(C(=O)N4CC(F)C4)ccc3n(C(C)c3ccc(F)cc3)c2c1. The van der Waals surface area contributed by atoms with E-state index in [4.69, 9.17) is 10.3 Å². The van der Waals surface area contributed by atoms with E-state index in [1.54, 1.807) is 37.3 Å². The molecule has 198 valence electrons. The van der Waals surface area contributed by atoms with E-state index in [-0.39, 0.29) is 36.4 Å². The number of aryl methyl sites for hydroxylation is 2. The molecule has 1 atom stereocenters. The number of likely N-dealkylation sites (tertiary alicyclic amines) is 1. The molecule has 1 fully saturated rings. The number of benzene rings is 3. The second kappa shape index (κ2) is 9.04. The van der Waals surface area contributed by atoms with Crippen molar-refractivity contribution in [3.63, 3.8) is 0 Å². The first-order valence-electron chi connectivity index (χ1n) is 12.7. The van der Waals surface area contributed by atoms with Gasteiger partial charge in [-0.2, -0.15) is 0 Å². The van der Waals surface area contributed by atoms with Gasteiger partial charge < -0.3 is 19.7 Å². The second-order valence-corrected chi connectivity index (χ2v) is 10.1. The molecule has 7 nitrogen and oxygen atoms in total. The average Bonchev–Trinajstić information content (AvgIpc) is 3.41. The standard InChI is InChI=1S/C30H26F2N4O3/c1-15-27(17(3)39-34-15)20-11-24(29(33)37)28-23-10-19(30(38)35-13-22(32)14-35)6-9-25(23)36(26(28)12-20)16(2)18-4-7-21(31)8-5-18/h4-12,16,22H,13-14H2,1-3H3,(H2,33,37). The molecule has 9 heteroatoms. The third-order valence-corrected chi connectivity index (χ3v) is 7.60. The van der Waals surface area contributed by atoms with Crippen LogP contribution >= 0.6 is 0 Å². The number of primary amides is 1. The number of hydrogen-bond donors (Lipinski definition) is 1. The highest BCUT2D eigenvalue weighted by Crippen LogP contribution is 2.40. The van der Waals surface area contributed by atoms with Gasteiger partial charge in [0.25, 0.3) is 5.91 Å². The topological polar surface area (TPSA) is 94.4 Å². The van der Waals surface area contributed by atoms with Crippen LogP contribution in [-0.2, 0) is 0 Å². The fraction of sp³-hybridized carbons (Fsp3) is 0.233. The van der Waals surface area contributed by atoms with Crippen molar-refractivity contribution in [1.82, 2.24) is 14.6 Å². The Hall–Kier alpha value is -4.53. The number of rotatable bonds is 5. The fourth-order valence-electron chi connectivity index (χ4n) is 5.62. The number of amides is 2. The molecule has 2 N–H and O–H groups in total. The van der Waals surface area contributed by atoms with Crippen LogP contribution in [0.2, 0.25) is 0 Å². The lowest BCUT2D eigenvalue weighted by Crippen LogP contribution is -2.51. The molecule has 3 heterocycles. The van der Waals surface area contributed by atoms with Crippen molar-refractivity contribution in [3.05, 3.63) is 88.6 Å². The van der Waals surface area contributed by atoms with Crippen molar-refractivity contribution >= 4 is 33.6 Å². The van der Waals surface area contributed by atoms with Crippen molar-refractivity contribution in [2.24, 2.45) is 5.73 Å². The number of nitrogens with zero attached hydrogens (tertiary/aromatic N) is 3. The van der Waals surface area contributed by atoms with Gasteiger partial charge in [-0.25, -0.2) is 8.78 Å². The van der Waals surface area contributed by atoms with Crippen molar-refractivity contribution in [2.45, 2.75) is 33.0 Å². The molecule has 2 amide bonds. The average molecular weight is 529 g/mol. The number of alkyl halides is 1. The van der Waals surface area contributed by atoms with Gasteiger partial charge in [-0.1, -0.05) is 17.3 Å². The van der Waals surface area contributed by atoms with Gasteiger partial charge in [0.15, 0.2) is 0 Å². The minimum absolute atomic E-state index is 0.0631. The summed E-state index contributed by atoms with van der Waals surface area (Å²) in [5.74, 6) is -0.632. The third kappa shape index (κ3) is 3.96. The largest absolute Gasteiger partial charge is 0.366 e. The fourth-order valence-corrected chi connectivity index (χ4v) is 5.62. The maximum atomic E-state index is 13.7. The van der Waals surface area contributed by atoms with Crippen molar-refractivity contribution in [1.29, 1.82) is 0 Å². The maximum Gasteiger partial charge on any atom is 0.254 e. The molecule has 1 unspecified atom stereocenters. The van der Waals surface area contributed by atoms with E-state index in [9.17, 15) is 18.4 Å². The van der Waals surface area contributed by atoms with Crippen LogP contribution in [0.15, 0.2) is 59.1 Å². The highest BCUT2D eigenvalue weighted by molar-refractivity contribution is 6.20. The van der Waals surface area contributed by atoms with E-state index in [0.717, 1.165) is 16.6 Å². The van der Waals surface area contributed by atoms with Crippen LogP contribution in [0.25, 0.3) is 32.9 Å². The van der Waals surface area contributed by atoms with E-state index in [1.807, 2.05) is 26.0 Å². The molecular formula is C30H26F2N4O3. The molecule has 0 aliphatic carbocycles. The van der Waals surface area contributed by atoms with E-state index < -0.39 is 12.1 Å². The van der Waals surface area contributed by atoms with Crippen LogP contribution in [0.1, 0.15) is 50.7 Å². The Morgan fingerprint density at radius 1 is 1.05 bits per heavy atom. The number of hydrogen-bond acceptors (Lipinski definition) is 4. The predicted molar refractivity (Wildman–Crippen MR) is 144 cm³/mol. The molecule has 0 saturated carbocycles. The lowest BCUT2D eigenvalue weighted by molar-refractivity contribution is 0.0400. The van der Waals surface area contributed by atoms with E-state index >= 15 is 0 Å². The molecule has 3 aromatic carbocycles. The molecule has 5 aromatic rings. The molecule has 1 aliphatic rings. The minimum Gasteiger partial charge on any atom is -0.366 e. The lowest BCUT2D eigenvalue weighted by atomic mass is 9.96. The summed E-state index contributed by atoms with van der Waals surface area (Å²) in [6, 6.07) is 15.0. The summed E-state index contributed by atoms with van der Waals surface area (Å²) in [6.07, 6.45) is -1.01. The zero-order chi connectivity index (χ0) is 27.6. The summed E-state index contributed by atoms with van der Waals surface area (Å²) in [5, 5.41) is 5.34. The molecule has 0 radical (unpaired) electrons. The number of nitrogens with two attached hydrogens (primary N) is 1. The van der Waals surface area contributed by atoms with E-state index in [2.05, 4.69) is 9.72 Å². The Morgan fingerprint density at radius 3 is 2.38 bits per heavy atom. The minimum atomic E-state index is -1.01. The van der Waals surface area contributed by atoms with Gasteiger partial charge in [0.1, 0.15) is 17.7 Å². The summed E-state index contributed by atoms with van der Waals surface area (Å²) in [5.41, 5.74) is 11.1. The molecule has 0 spiro atoms. The smallest absolute Gasteiger partial charge is 0.254 e. The Morgan fingerprint density at radius 2 is 1.77 bits per heavy atom. The number of aromatic nitrogens is 2. The van der Waals surface area contributed by atoms with E-state index in [0.29, 0.717) is 38.9 Å². The van der Waals surface area contributed by atoms with Crippen molar-refractivity contribution < 1.29 is 22.9 Å². The summed E-state index contributed by atoms with van der Waals surface area (Å²) in [7, 11) is 0. The first-order chi connectivity index (χ1) is 18.6. The van der Waals surface area contributed by atoms with Crippen LogP contribution < -0.4 is 5.73 Å². The third-order valence-electron chi connectivity index (χ3n) is 7.60. The Bertz CT molecular complexity index is 1760. The summed E-state index contributed by atoms with van der Waals surface area (Å²) in [4.78, 5) is 27.4. The van der Waals surface area contributed by atoms with Gasteiger partial charge in [-0.3, -0.25) is 9.59 Å². The maximum absolute atomic E-state index is 13.7. The summed E-state index contributed by atoms with van der Waals surface area (Å²) in [6.45, 7) is 5.74. The van der Waals surface area contributed by atoms with Crippen LogP contribution in [-0.4, -0.2) is 45.7 Å². The van der Waals surface area contributed by atoms with Gasteiger partial charge in [-0.15, -0.1) is 0 Å². The number of carbonyl (C=O) groups excluding carboxylic acids is 2. The molecule has 6 rings (SSSR count). The first-order valence-corrected chi connectivity index (χ1v) is 12.7. The highest BCUT2D eigenvalue weighted by Gasteiger charge is 2.32. The second-order valence-electron chi connectivity index (χ2n) is 10.1.